The molecule has 21 heavy (non-hydrogen) atoms. The number of carbonyl (C=O) groups is 1. The topological polar surface area (TPSA) is 35.5 Å². The molecule has 0 radical (unpaired) electrons. The van der Waals surface area contributed by atoms with Crippen molar-refractivity contribution in [1.82, 2.24) is 0 Å². The normalized spacial score (nSPS) is 16.8. The van der Waals surface area contributed by atoms with Crippen molar-refractivity contribution >= 4 is 5.97 Å². The van der Waals surface area contributed by atoms with Gasteiger partial charge >= 0.3 is 5.97 Å². The summed E-state index contributed by atoms with van der Waals surface area (Å²) >= 11 is 0. The van der Waals surface area contributed by atoms with Crippen LogP contribution in [0.4, 0.5) is 0 Å². The van der Waals surface area contributed by atoms with E-state index in [0.29, 0.717) is 5.92 Å². The summed E-state index contributed by atoms with van der Waals surface area (Å²) in [6.45, 7) is 11.4. The molecule has 0 rings (SSSR count). The number of allylic oxidation sites excluding steroid dienone is 3. The third-order valence-corrected chi connectivity index (χ3v) is 3.87. The fraction of sp³-hybridized carbons (Fsp3) is 0.722. The van der Waals surface area contributed by atoms with Crippen LogP contribution in [0.5, 0.6) is 0 Å². The SMILES string of the molecule is CCOC(C)(CC)CCC(C)CC=CC(C)=CC(=O)OC. The van der Waals surface area contributed by atoms with Crippen molar-refractivity contribution < 1.29 is 14.3 Å². The molecule has 0 aromatic rings. The van der Waals surface area contributed by atoms with Gasteiger partial charge in [0.1, 0.15) is 0 Å². The first-order valence-electron chi connectivity index (χ1n) is 7.93. The van der Waals surface area contributed by atoms with E-state index in [-0.39, 0.29) is 11.6 Å². The molecule has 0 spiro atoms. The molecule has 0 amide bonds. The van der Waals surface area contributed by atoms with Crippen LogP contribution in [0.2, 0.25) is 0 Å². The maximum absolute atomic E-state index is 11.1. The average molecular weight is 296 g/mol. The van der Waals surface area contributed by atoms with E-state index in [1.807, 2.05) is 13.0 Å². The Hall–Kier alpha value is -1.09. The van der Waals surface area contributed by atoms with Gasteiger partial charge in [-0.3, -0.25) is 0 Å². The predicted octanol–water partition coefficient (Wildman–Crippen LogP) is 4.67. The van der Waals surface area contributed by atoms with Gasteiger partial charge in [0.05, 0.1) is 12.7 Å². The molecule has 2 unspecified atom stereocenters. The minimum atomic E-state index is -0.305. The highest BCUT2D eigenvalue weighted by atomic mass is 16.5. The summed E-state index contributed by atoms with van der Waals surface area (Å²) in [5.41, 5.74) is 0.926. The molecule has 0 bridgehead atoms. The van der Waals surface area contributed by atoms with Crippen LogP contribution in [0, 0.1) is 5.92 Å². The quantitative estimate of drug-likeness (QED) is 0.334. The Kier molecular flexibility index (Phi) is 10.1. The fourth-order valence-electron chi connectivity index (χ4n) is 2.15. The first-order valence-corrected chi connectivity index (χ1v) is 7.93. The first-order chi connectivity index (χ1) is 9.86. The van der Waals surface area contributed by atoms with Crippen molar-refractivity contribution in [1.29, 1.82) is 0 Å². The number of hydrogen-bond acceptors (Lipinski definition) is 3. The second-order valence-electron chi connectivity index (χ2n) is 5.93. The molecule has 0 saturated carbocycles. The summed E-state index contributed by atoms with van der Waals surface area (Å²) in [7, 11) is 1.39. The van der Waals surface area contributed by atoms with Crippen molar-refractivity contribution in [2.45, 2.75) is 65.9 Å². The number of methoxy groups -OCH3 is 1. The molecule has 0 aromatic carbocycles. The lowest BCUT2D eigenvalue weighted by atomic mass is 9.90. The number of ether oxygens (including phenoxy) is 2. The van der Waals surface area contributed by atoms with E-state index in [1.165, 1.54) is 13.2 Å². The van der Waals surface area contributed by atoms with Crippen LogP contribution in [0.15, 0.2) is 23.8 Å². The maximum atomic E-state index is 11.1. The Balaban J connectivity index is 4.18. The molecular weight excluding hydrogens is 264 g/mol. The fourth-order valence-corrected chi connectivity index (χ4v) is 2.15. The van der Waals surface area contributed by atoms with Gasteiger partial charge in [-0.2, -0.15) is 0 Å². The van der Waals surface area contributed by atoms with E-state index in [2.05, 4.69) is 38.5 Å². The van der Waals surface area contributed by atoms with Crippen molar-refractivity contribution in [3.05, 3.63) is 23.8 Å². The minimum Gasteiger partial charge on any atom is -0.466 e. The average Bonchev–Trinajstić information content (AvgIpc) is 2.45. The Morgan fingerprint density at radius 2 is 2.00 bits per heavy atom. The monoisotopic (exact) mass is 296 g/mol. The third-order valence-electron chi connectivity index (χ3n) is 3.87. The van der Waals surface area contributed by atoms with Gasteiger partial charge in [-0.05, 0) is 57.9 Å². The first kappa shape index (κ1) is 19.9. The minimum absolute atomic E-state index is 0.00737. The van der Waals surface area contributed by atoms with Crippen LogP contribution in [0.1, 0.15) is 60.3 Å². The second kappa shape index (κ2) is 10.6. The van der Waals surface area contributed by atoms with E-state index < -0.39 is 0 Å². The Bertz CT molecular complexity index is 357. The molecule has 2 atom stereocenters. The van der Waals surface area contributed by atoms with E-state index >= 15 is 0 Å². The molecule has 0 aromatic heterocycles. The molecule has 3 heteroatoms. The van der Waals surface area contributed by atoms with Crippen molar-refractivity contribution in [2.24, 2.45) is 5.92 Å². The molecule has 0 heterocycles. The molecule has 0 aliphatic rings. The predicted molar refractivity (Wildman–Crippen MR) is 88.3 cm³/mol. The Labute approximate surface area is 130 Å². The number of rotatable bonds is 10. The molecule has 122 valence electrons. The van der Waals surface area contributed by atoms with Crippen LogP contribution in [-0.4, -0.2) is 25.3 Å². The number of hydrogen-bond donors (Lipinski definition) is 0. The van der Waals surface area contributed by atoms with Crippen LogP contribution in [-0.2, 0) is 14.3 Å². The van der Waals surface area contributed by atoms with Gasteiger partial charge in [0.2, 0.25) is 0 Å². The smallest absolute Gasteiger partial charge is 0.330 e. The highest BCUT2D eigenvalue weighted by molar-refractivity contribution is 5.83. The Morgan fingerprint density at radius 1 is 1.33 bits per heavy atom. The van der Waals surface area contributed by atoms with E-state index in [1.54, 1.807) is 0 Å². The van der Waals surface area contributed by atoms with Gasteiger partial charge in [0.25, 0.3) is 0 Å². The lowest BCUT2D eigenvalue weighted by molar-refractivity contribution is -0.134. The van der Waals surface area contributed by atoms with Gasteiger partial charge in [-0.1, -0.05) is 26.0 Å². The molecule has 0 fully saturated rings. The summed E-state index contributed by atoms with van der Waals surface area (Å²) in [5.74, 6) is 0.305. The van der Waals surface area contributed by atoms with Crippen LogP contribution >= 0.6 is 0 Å². The maximum Gasteiger partial charge on any atom is 0.330 e. The summed E-state index contributed by atoms with van der Waals surface area (Å²) < 4.78 is 10.4. The largest absolute Gasteiger partial charge is 0.466 e. The summed E-state index contributed by atoms with van der Waals surface area (Å²) in [5, 5.41) is 0. The van der Waals surface area contributed by atoms with Crippen LogP contribution in [0.3, 0.4) is 0 Å². The molecule has 3 nitrogen and oxygen atoms in total. The summed E-state index contributed by atoms with van der Waals surface area (Å²) in [6.07, 6.45) is 9.91. The highest BCUT2D eigenvalue weighted by Gasteiger charge is 2.22. The van der Waals surface area contributed by atoms with Gasteiger partial charge in [-0.25, -0.2) is 4.79 Å². The lowest BCUT2D eigenvalue weighted by Crippen LogP contribution is -2.28. The van der Waals surface area contributed by atoms with Gasteiger partial charge in [0.15, 0.2) is 0 Å². The van der Waals surface area contributed by atoms with Gasteiger partial charge in [-0.15, -0.1) is 0 Å². The van der Waals surface area contributed by atoms with Crippen molar-refractivity contribution in [3.8, 4) is 0 Å². The molecular formula is C18H32O3. The summed E-state index contributed by atoms with van der Waals surface area (Å²) in [4.78, 5) is 11.1. The zero-order valence-corrected chi connectivity index (χ0v) is 14.6. The van der Waals surface area contributed by atoms with Gasteiger partial charge in [0, 0.05) is 12.7 Å². The van der Waals surface area contributed by atoms with E-state index in [0.717, 1.165) is 37.9 Å². The van der Waals surface area contributed by atoms with Crippen LogP contribution < -0.4 is 0 Å². The van der Waals surface area contributed by atoms with E-state index in [9.17, 15) is 4.79 Å². The zero-order valence-electron chi connectivity index (χ0n) is 14.6. The highest BCUT2D eigenvalue weighted by Crippen LogP contribution is 2.25. The van der Waals surface area contributed by atoms with E-state index in [4.69, 9.17) is 4.74 Å². The molecule has 0 N–H and O–H groups in total. The standard InChI is InChI=1S/C18H32O3/c1-7-18(5,21-8-2)13-12-15(3)10-9-11-16(4)14-17(19)20-6/h9,11,14-15H,7-8,10,12-13H2,1-6H3. The van der Waals surface area contributed by atoms with Crippen LogP contribution in [0.25, 0.3) is 0 Å². The lowest BCUT2D eigenvalue weighted by Gasteiger charge is -2.29. The molecule has 0 aliphatic carbocycles. The van der Waals surface area contributed by atoms with Crippen molar-refractivity contribution in [3.63, 3.8) is 0 Å². The van der Waals surface area contributed by atoms with Gasteiger partial charge < -0.3 is 9.47 Å². The van der Waals surface area contributed by atoms with Crippen molar-refractivity contribution in [2.75, 3.05) is 13.7 Å². The Morgan fingerprint density at radius 3 is 2.52 bits per heavy atom. The molecule has 0 aliphatic heterocycles. The second-order valence-corrected chi connectivity index (χ2v) is 5.93. The summed E-state index contributed by atoms with van der Waals surface area (Å²) in [6, 6.07) is 0. The number of carbonyl (C=O) groups excluding carboxylic acids is 1. The number of esters is 1. The third kappa shape index (κ3) is 9.46. The molecule has 0 saturated heterocycles. The zero-order chi connectivity index (χ0) is 16.3.